The van der Waals surface area contributed by atoms with Gasteiger partial charge in [-0.1, -0.05) is 38.5 Å². The maximum atomic E-state index is 12.7. The summed E-state index contributed by atoms with van der Waals surface area (Å²) in [6.45, 7) is 4.94. The fourth-order valence-electron chi connectivity index (χ4n) is 3.10. The molecule has 0 spiro atoms. The minimum Gasteiger partial charge on any atom is -0.464 e. The number of unbranched alkanes of at least 4 members (excludes halogenated alkanes) is 1. The van der Waals surface area contributed by atoms with Crippen molar-refractivity contribution in [2.45, 2.75) is 39.7 Å². The van der Waals surface area contributed by atoms with Gasteiger partial charge in [-0.2, -0.15) is 0 Å². The monoisotopic (exact) mass is 400 g/mol. The maximum Gasteiger partial charge on any atom is 0.326 e. The quantitative estimate of drug-likeness (QED) is 0.372. The van der Waals surface area contributed by atoms with Gasteiger partial charge in [-0.3, -0.25) is 19.3 Å². The van der Waals surface area contributed by atoms with Gasteiger partial charge in [0.15, 0.2) is 0 Å². The van der Waals surface area contributed by atoms with Gasteiger partial charge in [-0.25, -0.2) is 0 Å². The Kier molecular flexibility index (Phi) is 6.57. The van der Waals surface area contributed by atoms with Gasteiger partial charge in [0.2, 0.25) is 0 Å². The summed E-state index contributed by atoms with van der Waals surface area (Å²) < 4.78 is 7.21. The third-order valence-electron chi connectivity index (χ3n) is 4.49. The zero-order chi connectivity index (χ0) is 20.1. The number of ether oxygens (including phenoxy) is 1. The summed E-state index contributed by atoms with van der Waals surface area (Å²) >= 11 is 0.860. The molecule has 0 saturated carbocycles. The van der Waals surface area contributed by atoms with Gasteiger partial charge in [0, 0.05) is 29.2 Å². The zero-order valence-electron chi connectivity index (χ0n) is 16.1. The molecule has 3 rings (SSSR count). The van der Waals surface area contributed by atoms with E-state index in [0.717, 1.165) is 58.9 Å². The highest BCUT2D eigenvalue weighted by Crippen LogP contribution is 2.34. The minimum atomic E-state index is -0.559. The lowest BCUT2D eigenvalue weighted by molar-refractivity contribution is -0.146. The van der Waals surface area contributed by atoms with Crippen LogP contribution < -0.4 is 0 Å². The van der Waals surface area contributed by atoms with Crippen LogP contribution in [0.2, 0.25) is 0 Å². The highest BCUT2D eigenvalue weighted by atomic mass is 32.2. The summed E-state index contributed by atoms with van der Waals surface area (Å²) in [7, 11) is 0. The van der Waals surface area contributed by atoms with Crippen molar-refractivity contribution in [2.24, 2.45) is 0 Å². The second-order valence-electron chi connectivity index (χ2n) is 6.64. The molecule has 0 aliphatic carbocycles. The molecule has 1 saturated heterocycles. The molecule has 1 aromatic heterocycles. The van der Waals surface area contributed by atoms with Crippen molar-refractivity contribution in [1.82, 2.24) is 9.47 Å². The molecule has 0 bridgehead atoms. The van der Waals surface area contributed by atoms with Crippen LogP contribution in [0.4, 0.5) is 4.79 Å². The molecule has 0 N–H and O–H groups in total. The summed E-state index contributed by atoms with van der Waals surface area (Å²) in [6, 6.07) is 7.98. The van der Waals surface area contributed by atoms with Crippen LogP contribution in [0.25, 0.3) is 17.0 Å². The molecule has 6 nitrogen and oxygen atoms in total. The van der Waals surface area contributed by atoms with Crippen LogP contribution in [0.3, 0.4) is 0 Å². The Bertz CT molecular complexity index is 932. The van der Waals surface area contributed by atoms with E-state index in [0.29, 0.717) is 11.5 Å². The molecular formula is C21H24N2O4S. The van der Waals surface area contributed by atoms with E-state index < -0.39 is 17.1 Å². The van der Waals surface area contributed by atoms with Gasteiger partial charge in [0.05, 0.1) is 11.5 Å². The minimum absolute atomic E-state index is 0.304. The normalized spacial score (nSPS) is 15.8. The van der Waals surface area contributed by atoms with E-state index in [1.807, 2.05) is 37.4 Å². The Balaban J connectivity index is 1.80. The summed E-state index contributed by atoms with van der Waals surface area (Å²) in [6.07, 6.45) is 6.40. The van der Waals surface area contributed by atoms with Crippen molar-refractivity contribution < 1.29 is 19.1 Å². The molecule has 2 heterocycles. The first-order chi connectivity index (χ1) is 13.5. The Morgan fingerprint density at radius 1 is 1.18 bits per heavy atom. The first kappa shape index (κ1) is 20.2. The van der Waals surface area contributed by atoms with Crippen LogP contribution in [0.1, 0.15) is 38.7 Å². The van der Waals surface area contributed by atoms with Gasteiger partial charge in [-0.05, 0) is 36.7 Å². The topological polar surface area (TPSA) is 68.6 Å². The molecule has 1 aliphatic heterocycles. The summed E-state index contributed by atoms with van der Waals surface area (Å²) in [5.74, 6) is -1.01. The van der Waals surface area contributed by atoms with Gasteiger partial charge in [0.1, 0.15) is 6.54 Å². The number of thioether (sulfide) groups is 1. The van der Waals surface area contributed by atoms with E-state index in [1.54, 1.807) is 6.08 Å². The van der Waals surface area contributed by atoms with Gasteiger partial charge >= 0.3 is 5.97 Å². The molecule has 1 aromatic carbocycles. The highest BCUT2D eigenvalue weighted by Gasteiger charge is 2.36. The first-order valence-electron chi connectivity index (χ1n) is 9.54. The Hall–Kier alpha value is -2.54. The van der Waals surface area contributed by atoms with Crippen molar-refractivity contribution in [3.8, 4) is 0 Å². The van der Waals surface area contributed by atoms with Crippen LogP contribution in [0, 0.1) is 0 Å². The molecule has 2 aromatic rings. The van der Waals surface area contributed by atoms with E-state index in [-0.39, 0.29) is 6.54 Å². The zero-order valence-corrected chi connectivity index (χ0v) is 17.0. The van der Waals surface area contributed by atoms with Crippen molar-refractivity contribution in [3.63, 3.8) is 0 Å². The van der Waals surface area contributed by atoms with Crippen LogP contribution in [-0.4, -0.2) is 39.7 Å². The van der Waals surface area contributed by atoms with E-state index in [9.17, 15) is 14.4 Å². The molecule has 28 heavy (non-hydrogen) atoms. The van der Waals surface area contributed by atoms with E-state index in [1.165, 1.54) is 0 Å². The number of hydrogen-bond donors (Lipinski definition) is 0. The number of fused-ring (bicyclic) bond motifs is 1. The lowest BCUT2D eigenvalue weighted by Gasteiger charge is -2.11. The molecule has 0 radical (unpaired) electrons. The average molecular weight is 401 g/mol. The number of benzene rings is 1. The lowest BCUT2D eigenvalue weighted by atomic mass is 10.1. The van der Waals surface area contributed by atoms with Crippen LogP contribution in [-0.2, 0) is 20.9 Å². The number of rotatable bonds is 8. The number of para-hydroxylation sites is 1. The van der Waals surface area contributed by atoms with E-state index >= 15 is 0 Å². The molecule has 1 aliphatic rings. The maximum absolute atomic E-state index is 12.7. The predicted octanol–water partition coefficient (Wildman–Crippen LogP) is 4.43. The van der Waals surface area contributed by atoms with Gasteiger partial charge < -0.3 is 9.30 Å². The second-order valence-corrected chi connectivity index (χ2v) is 7.63. The fourth-order valence-corrected chi connectivity index (χ4v) is 3.93. The van der Waals surface area contributed by atoms with Crippen molar-refractivity contribution >= 4 is 45.9 Å². The van der Waals surface area contributed by atoms with E-state index in [4.69, 9.17) is 4.74 Å². The fraction of sp³-hybridized carbons (Fsp3) is 0.381. The Morgan fingerprint density at radius 3 is 2.71 bits per heavy atom. The Labute approximate surface area is 168 Å². The number of carbonyl (C=O) groups excluding carboxylic acids is 3. The number of carbonyl (C=O) groups is 3. The highest BCUT2D eigenvalue weighted by molar-refractivity contribution is 8.18. The summed E-state index contributed by atoms with van der Waals surface area (Å²) in [5.41, 5.74) is 1.98. The molecular weight excluding hydrogens is 376 g/mol. The molecule has 2 amide bonds. The van der Waals surface area contributed by atoms with Crippen LogP contribution in [0.15, 0.2) is 35.4 Å². The SMILES string of the molecule is CCCCOC(=O)CN1C(=O)S/C(=C\c2cn(CCC)c3ccccc23)C1=O. The summed E-state index contributed by atoms with van der Waals surface area (Å²) in [4.78, 5) is 38.1. The molecule has 0 atom stereocenters. The van der Waals surface area contributed by atoms with Crippen LogP contribution in [0.5, 0.6) is 0 Å². The number of aromatic nitrogens is 1. The Morgan fingerprint density at radius 2 is 1.96 bits per heavy atom. The molecule has 7 heteroatoms. The van der Waals surface area contributed by atoms with Crippen molar-refractivity contribution in [3.05, 3.63) is 40.9 Å². The largest absolute Gasteiger partial charge is 0.464 e. The first-order valence-corrected chi connectivity index (χ1v) is 10.4. The molecule has 1 fully saturated rings. The van der Waals surface area contributed by atoms with Gasteiger partial charge in [0.25, 0.3) is 11.1 Å². The van der Waals surface area contributed by atoms with Gasteiger partial charge in [-0.15, -0.1) is 0 Å². The second kappa shape index (κ2) is 9.10. The predicted molar refractivity (Wildman–Crippen MR) is 111 cm³/mol. The number of amides is 2. The number of hydrogen-bond acceptors (Lipinski definition) is 5. The van der Waals surface area contributed by atoms with Crippen LogP contribution >= 0.6 is 11.8 Å². The van der Waals surface area contributed by atoms with Crippen molar-refractivity contribution in [1.29, 1.82) is 0 Å². The van der Waals surface area contributed by atoms with E-state index in [2.05, 4.69) is 11.5 Å². The third-order valence-corrected chi connectivity index (χ3v) is 5.40. The standard InChI is InChI=1S/C21H24N2O4S/c1-3-5-11-27-19(24)14-23-20(25)18(28-21(23)26)12-15-13-22(10-4-2)17-9-7-6-8-16(15)17/h6-9,12-13H,3-5,10-11,14H2,1-2H3/b18-12-. The number of esters is 1. The summed E-state index contributed by atoms with van der Waals surface area (Å²) in [5, 5.41) is 0.586. The number of imide groups is 1. The van der Waals surface area contributed by atoms with Crippen molar-refractivity contribution in [2.75, 3.05) is 13.2 Å². The number of nitrogens with zero attached hydrogens (tertiary/aromatic N) is 2. The third kappa shape index (κ3) is 4.30. The number of aryl methyl sites for hydroxylation is 1. The lowest BCUT2D eigenvalue weighted by Crippen LogP contribution is -2.34. The smallest absolute Gasteiger partial charge is 0.326 e. The average Bonchev–Trinajstić information content (AvgIpc) is 3.15. The molecule has 148 valence electrons. The molecule has 0 unspecified atom stereocenters.